The molecule has 1 aliphatic heterocycles. The lowest BCUT2D eigenvalue weighted by molar-refractivity contribution is -0.246. The molecule has 0 amide bonds. The van der Waals surface area contributed by atoms with Gasteiger partial charge in [0, 0.05) is 18.7 Å². The monoisotopic (exact) mass is 228 g/mol. The average Bonchev–Trinajstić information content (AvgIpc) is 2.29. The van der Waals surface area contributed by atoms with Crippen LogP contribution in [0.1, 0.15) is 12.6 Å². The molecule has 0 spiro atoms. The van der Waals surface area contributed by atoms with Crippen molar-refractivity contribution in [2.24, 2.45) is 0 Å². The number of aromatic nitrogens is 2. The Morgan fingerprint density at radius 1 is 1.56 bits per heavy atom. The van der Waals surface area contributed by atoms with E-state index in [1.54, 1.807) is 0 Å². The van der Waals surface area contributed by atoms with Crippen molar-refractivity contribution in [2.45, 2.75) is 18.9 Å². The fraction of sp³-hybridized carbons (Fsp3) is 0.556. The summed E-state index contributed by atoms with van der Waals surface area (Å²) in [5.41, 5.74) is -0.983. The van der Waals surface area contributed by atoms with Crippen LogP contribution in [0.4, 0.5) is 0 Å². The average molecular weight is 228 g/mol. The van der Waals surface area contributed by atoms with E-state index in [-0.39, 0.29) is 6.61 Å². The van der Waals surface area contributed by atoms with Crippen LogP contribution in [-0.2, 0) is 9.47 Å². The molecule has 7 nitrogen and oxygen atoms in total. The second-order valence-corrected chi connectivity index (χ2v) is 3.38. The van der Waals surface area contributed by atoms with Gasteiger partial charge in [-0.1, -0.05) is 0 Å². The predicted octanol–water partition coefficient (Wildman–Crippen LogP) is -1.21. The van der Waals surface area contributed by atoms with Gasteiger partial charge in [0.25, 0.3) is 5.56 Å². The number of aliphatic hydroxyl groups excluding tert-OH is 1. The predicted molar refractivity (Wildman–Crippen MR) is 52.9 cm³/mol. The van der Waals surface area contributed by atoms with Gasteiger partial charge in [-0.3, -0.25) is 14.3 Å². The zero-order chi connectivity index (χ0) is 11.5. The van der Waals surface area contributed by atoms with Gasteiger partial charge in [0.15, 0.2) is 6.29 Å². The summed E-state index contributed by atoms with van der Waals surface area (Å²) in [5.74, 6) is 0. The lowest BCUT2D eigenvalue weighted by atomic mass is 10.3. The first-order valence-corrected chi connectivity index (χ1v) is 4.90. The van der Waals surface area contributed by atoms with Crippen molar-refractivity contribution in [3.05, 3.63) is 33.1 Å². The Bertz CT molecular complexity index is 465. The number of hydrogen-bond acceptors (Lipinski definition) is 5. The fourth-order valence-electron chi connectivity index (χ4n) is 1.54. The molecule has 0 aliphatic carbocycles. The van der Waals surface area contributed by atoms with Crippen molar-refractivity contribution in [3.8, 4) is 0 Å². The van der Waals surface area contributed by atoms with Crippen molar-refractivity contribution < 1.29 is 14.6 Å². The summed E-state index contributed by atoms with van der Waals surface area (Å²) in [6.45, 7) is 0.121. The van der Waals surface area contributed by atoms with Gasteiger partial charge in [-0.2, -0.15) is 0 Å². The first-order chi connectivity index (χ1) is 7.70. The van der Waals surface area contributed by atoms with Crippen LogP contribution in [0.2, 0.25) is 0 Å². The van der Waals surface area contributed by atoms with E-state index in [1.807, 2.05) is 0 Å². The van der Waals surface area contributed by atoms with Crippen LogP contribution in [0.15, 0.2) is 21.9 Å². The normalized spacial score (nSPS) is 25.6. The number of nitrogens with zero attached hydrogens (tertiary/aromatic N) is 1. The molecule has 2 rings (SSSR count). The molecule has 16 heavy (non-hydrogen) atoms. The van der Waals surface area contributed by atoms with Crippen LogP contribution in [0.25, 0.3) is 0 Å². The van der Waals surface area contributed by atoms with E-state index in [2.05, 4.69) is 4.98 Å². The lowest BCUT2D eigenvalue weighted by Gasteiger charge is -2.29. The number of H-pyrrole nitrogens is 1. The van der Waals surface area contributed by atoms with Gasteiger partial charge >= 0.3 is 5.69 Å². The zero-order valence-electron chi connectivity index (χ0n) is 8.46. The zero-order valence-corrected chi connectivity index (χ0v) is 8.46. The van der Waals surface area contributed by atoms with Gasteiger partial charge in [0.1, 0.15) is 6.23 Å². The Kier molecular flexibility index (Phi) is 3.18. The van der Waals surface area contributed by atoms with E-state index in [0.717, 1.165) is 0 Å². The number of hydrogen-bond donors (Lipinski definition) is 2. The molecule has 2 N–H and O–H groups in total. The Morgan fingerprint density at radius 2 is 2.38 bits per heavy atom. The molecule has 1 saturated heterocycles. The number of nitrogens with one attached hydrogen (secondary N) is 1. The van der Waals surface area contributed by atoms with Crippen molar-refractivity contribution in [1.82, 2.24) is 9.55 Å². The highest BCUT2D eigenvalue weighted by Gasteiger charge is 2.24. The second kappa shape index (κ2) is 4.60. The Hall–Kier alpha value is -1.44. The first-order valence-electron chi connectivity index (χ1n) is 4.90. The molecule has 0 radical (unpaired) electrons. The topological polar surface area (TPSA) is 93.5 Å². The molecule has 88 valence electrons. The van der Waals surface area contributed by atoms with Gasteiger partial charge in [0.2, 0.25) is 0 Å². The number of aliphatic hydroxyl groups is 1. The van der Waals surface area contributed by atoms with E-state index < -0.39 is 23.8 Å². The quantitative estimate of drug-likeness (QED) is 0.662. The standard InChI is InChI=1S/C9H12N2O5/c12-5-8-15-4-2-7(16-8)11-3-1-6(13)10-9(11)14/h1,3,7-8,12H,2,4-5H2,(H,10,13,14)/t7-,8-/m1/s1. The highest BCUT2D eigenvalue weighted by Crippen LogP contribution is 2.19. The first kappa shape index (κ1) is 11.1. The van der Waals surface area contributed by atoms with E-state index in [4.69, 9.17) is 14.6 Å². The summed E-state index contributed by atoms with van der Waals surface area (Å²) < 4.78 is 11.7. The third-order valence-electron chi connectivity index (χ3n) is 2.29. The summed E-state index contributed by atoms with van der Waals surface area (Å²) >= 11 is 0. The molecule has 1 aliphatic rings. The highest BCUT2D eigenvalue weighted by atomic mass is 16.7. The highest BCUT2D eigenvalue weighted by molar-refractivity contribution is 4.84. The van der Waals surface area contributed by atoms with E-state index >= 15 is 0 Å². The molecule has 0 aromatic carbocycles. The van der Waals surface area contributed by atoms with Crippen LogP contribution in [0.3, 0.4) is 0 Å². The summed E-state index contributed by atoms with van der Waals surface area (Å²) in [6.07, 6.45) is 0.612. The maximum atomic E-state index is 11.5. The fourth-order valence-corrected chi connectivity index (χ4v) is 1.54. The summed E-state index contributed by atoms with van der Waals surface area (Å²) in [4.78, 5) is 24.5. The van der Waals surface area contributed by atoms with E-state index in [9.17, 15) is 9.59 Å². The van der Waals surface area contributed by atoms with Crippen LogP contribution < -0.4 is 11.2 Å². The van der Waals surface area contributed by atoms with E-state index in [1.165, 1.54) is 16.8 Å². The van der Waals surface area contributed by atoms with Crippen molar-refractivity contribution in [1.29, 1.82) is 0 Å². The Balaban J connectivity index is 2.23. The second-order valence-electron chi connectivity index (χ2n) is 3.38. The van der Waals surface area contributed by atoms with Gasteiger partial charge < -0.3 is 14.6 Å². The number of aromatic amines is 1. The van der Waals surface area contributed by atoms with Crippen molar-refractivity contribution in [3.63, 3.8) is 0 Å². The van der Waals surface area contributed by atoms with Crippen LogP contribution in [-0.4, -0.2) is 34.2 Å². The molecule has 1 aromatic rings. The van der Waals surface area contributed by atoms with E-state index in [0.29, 0.717) is 13.0 Å². The minimum Gasteiger partial charge on any atom is -0.391 e. The molecule has 1 aromatic heterocycles. The van der Waals surface area contributed by atoms with Crippen LogP contribution in [0.5, 0.6) is 0 Å². The van der Waals surface area contributed by atoms with Gasteiger partial charge in [-0.05, 0) is 0 Å². The van der Waals surface area contributed by atoms with Gasteiger partial charge in [-0.15, -0.1) is 0 Å². The molecule has 7 heteroatoms. The molecule has 2 heterocycles. The molecular formula is C9H12N2O5. The largest absolute Gasteiger partial charge is 0.391 e. The van der Waals surface area contributed by atoms with Crippen LogP contribution >= 0.6 is 0 Å². The Labute approximate surface area is 90.2 Å². The minimum atomic E-state index is -0.724. The number of rotatable bonds is 2. The smallest absolute Gasteiger partial charge is 0.330 e. The maximum absolute atomic E-state index is 11.5. The minimum absolute atomic E-state index is 0.269. The molecule has 0 saturated carbocycles. The number of ether oxygens (including phenoxy) is 2. The molecule has 0 bridgehead atoms. The maximum Gasteiger partial charge on any atom is 0.330 e. The summed E-state index contributed by atoms with van der Waals surface area (Å²) in [5, 5.41) is 8.87. The molecule has 0 unspecified atom stereocenters. The Morgan fingerprint density at radius 3 is 3.06 bits per heavy atom. The third kappa shape index (κ3) is 2.21. The van der Waals surface area contributed by atoms with Gasteiger partial charge in [-0.25, -0.2) is 4.79 Å². The summed E-state index contributed by atoms with van der Waals surface area (Å²) in [7, 11) is 0. The van der Waals surface area contributed by atoms with Gasteiger partial charge in [0.05, 0.1) is 13.2 Å². The third-order valence-corrected chi connectivity index (χ3v) is 2.29. The molecular weight excluding hydrogens is 216 g/mol. The lowest BCUT2D eigenvalue weighted by Crippen LogP contribution is -2.39. The molecule has 2 atom stereocenters. The van der Waals surface area contributed by atoms with Crippen LogP contribution in [0, 0.1) is 0 Å². The van der Waals surface area contributed by atoms with Crippen molar-refractivity contribution in [2.75, 3.05) is 13.2 Å². The van der Waals surface area contributed by atoms with Crippen molar-refractivity contribution >= 4 is 0 Å². The SMILES string of the molecule is O=c1ccn([C@H]2CCO[C@@H](CO)O2)c(=O)[nH]1. The molecule has 1 fully saturated rings. The summed E-state index contributed by atoms with van der Waals surface area (Å²) in [6, 6.07) is 1.24.